The Hall–Kier alpha value is 2.18. The second-order valence-corrected chi connectivity index (χ2v) is 0. The molecule has 0 saturated heterocycles. The standard InChI is InChI=1S/Al.F.Fe.Mg.H3P.5H/h;;;;1H3;;;;;. The Balaban J connectivity index is 0. The SMILES string of the molecule is P.[AlH3].[F].[Fe].[MgH2]. The number of hydrogen-bond donors (Lipinski definition) is 0. The molecule has 0 nitrogen and oxygen atoms in total. The maximum atomic E-state index is 0. The molecule has 0 aliphatic heterocycles. The molecule has 33 valence electrons. The molecular weight excluding hydrogens is 157 g/mol. The molecule has 0 amide bonds. The van der Waals surface area contributed by atoms with E-state index in [4.69, 9.17) is 0 Å². The normalized spacial score (nSPS) is 0. The third kappa shape index (κ3) is 22.7. The zero-order valence-electron chi connectivity index (χ0n) is 1.44. The molecule has 0 aliphatic carbocycles. The average Bonchev–Trinajstić information content (AvgIpc) is 0. The molecule has 5 heteroatoms. The van der Waals surface area contributed by atoms with Gasteiger partial charge >= 0.3 is 23.1 Å². The van der Waals surface area contributed by atoms with Crippen molar-refractivity contribution >= 4 is 50.3 Å². The third-order valence-corrected chi connectivity index (χ3v) is 0. The molecule has 1 unspecified atom stereocenters. The summed E-state index contributed by atoms with van der Waals surface area (Å²) in [6.45, 7) is 0. The van der Waals surface area contributed by atoms with Crippen LogP contribution in [-0.2, 0) is 17.1 Å². The van der Waals surface area contributed by atoms with Gasteiger partial charge in [-0.15, -0.1) is 0 Å². The van der Waals surface area contributed by atoms with Gasteiger partial charge in [0, 0.05) is 21.8 Å². The molecule has 0 aromatic rings. The molecule has 1 atom stereocenters. The van der Waals surface area contributed by atoms with Gasteiger partial charge in [0.2, 0.25) is 0 Å². The predicted octanol–water partition coefficient (Wildman–Crippen LogP) is -1.62. The Bertz CT molecular complexity index is 11.6. The number of hydrogen-bond acceptors (Lipinski definition) is 0. The van der Waals surface area contributed by atoms with E-state index >= 15 is 0 Å². The molecule has 0 heterocycles. The summed E-state index contributed by atoms with van der Waals surface area (Å²) >= 11 is 0. The monoisotopic (exact) mass is 165 g/mol. The molecule has 0 aromatic carbocycles. The summed E-state index contributed by atoms with van der Waals surface area (Å²) in [5.41, 5.74) is 0. The molecule has 0 bridgehead atoms. The van der Waals surface area contributed by atoms with Crippen molar-refractivity contribution in [3.8, 4) is 0 Å². The first kappa shape index (κ1) is 57.7. The van der Waals surface area contributed by atoms with Crippen LogP contribution in [0.1, 0.15) is 0 Å². The topological polar surface area (TPSA) is 0 Å². The summed E-state index contributed by atoms with van der Waals surface area (Å²) in [7, 11) is 0. The van der Waals surface area contributed by atoms with Crippen LogP contribution in [0.3, 0.4) is 0 Å². The van der Waals surface area contributed by atoms with Gasteiger partial charge in [0.1, 0.15) is 0 Å². The molecule has 1 radical (unpaired) electrons. The van der Waals surface area contributed by atoms with Crippen LogP contribution in [0, 0.1) is 0 Å². The van der Waals surface area contributed by atoms with E-state index in [2.05, 4.69) is 0 Å². The number of rotatable bonds is 0. The van der Waals surface area contributed by atoms with Crippen LogP contribution in [0.25, 0.3) is 0 Å². The predicted molar refractivity (Wildman–Crippen MR) is 30.7 cm³/mol. The van der Waals surface area contributed by atoms with Crippen molar-refractivity contribution in [2.45, 2.75) is 0 Å². The van der Waals surface area contributed by atoms with Gasteiger partial charge in [-0.3, -0.25) is 0 Å². The van der Waals surface area contributed by atoms with Crippen LogP contribution in [0.4, 0.5) is 4.70 Å². The van der Waals surface area contributed by atoms with Gasteiger partial charge < -0.3 is 0 Å². The Labute approximate surface area is 71.6 Å². The van der Waals surface area contributed by atoms with Crippen LogP contribution in [0.15, 0.2) is 0 Å². The summed E-state index contributed by atoms with van der Waals surface area (Å²) in [6.07, 6.45) is 0. The average molecular weight is 165 g/mol. The molecule has 0 aromatic heterocycles. The second-order valence-electron chi connectivity index (χ2n) is 0. The van der Waals surface area contributed by atoms with E-state index in [-0.39, 0.29) is 72.1 Å². The minimum Gasteiger partial charge on any atom is -0.153 e. The van der Waals surface area contributed by atoms with E-state index in [1.54, 1.807) is 0 Å². The fourth-order valence-electron chi connectivity index (χ4n) is 0. The van der Waals surface area contributed by atoms with Crippen LogP contribution < -0.4 is 0 Å². The summed E-state index contributed by atoms with van der Waals surface area (Å²) in [5.74, 6) is 0. The fourth-order valence-corrected chi connectivity index (χ4v) is 0. The molecule has 0 rings (SSSR count). The van der Waals surface area contributed by atoms with Gasteiger partial charge in [-0.25, -0.2) is 0 Å². The van der Waals surface area contributed by atoms with Crippen LogP contribution in [-0.4, -0.2) is 40.4 Å². The molecular formula is H8AlFFeMgP. The van der Waals surface area contributed by atoms with Crippen LogP contribution in [0.2, 0.25) is 0 Å². The van der Waals surface area contributed by atoms with E-state index in [1.807, 2.05) is 0 Å². The van der Waals surface area contributed by atoms with Crippen LogP contribution >= 0.6 is 9.90 Å². The summed E-state index contributed by atoms with van der Waals surface area (Å²) in [4.78, 5) is 0. The van der Waals surface area contributed by atoms with Gasteiger partial charge in [-0.1, -0.05) is 0 Å². The molecule has 5 heavy (non-hydrogen) atoms. The minimum absolute atomic E-state index is 0. The summed E-state index contributed by atoms with van der Waals surface area (Å²) in [6, 6.07) is 0. The van der Waals surface area contributed by atoms with E-state index in [1.165, 1.54) is 0 Å². The van der Waals surface area contributed by atoms with Crippen molar-refractivity contribution in [2.75, 3.05) is 0 Å². The zero-order chi connectivity index (χ0) is 0. The van der Waals surface area contributed by atoms with Gasteiger partial charge in [0.15, 0.2) is 17.4 Å². The smallest absolute Gasteiger partial charge is 0.153 e. The largest absolute Gasteiger partial charge is 0.316 e. The van der Waals surface area contributed by atoms with Gasteiger partial charge in [0.25, 0.3) is 0 Å². The first-order chi connectivity index (χ1) is 0. The quantitative estimate of drug-likeness (QED) is 0.299. The van der Waals surface area contributed by atoms with Crippen molar-refractivity contribution in [3.63, 3.8) is 0 Å². The van der Waals surface area contributed by atoms with Crippen molar-refractivity contribution in [1.82, 2.24) is 0 Å². The third-order valence-electron chi connectivity index (χ3n) is 0. The molecule has 0 aliphatic rings. The van der Waals surface area contributed by atoms with Crippen molar-refractivity contribution in [3.05, 3.63) is 0 Å². The fraction of sp³-hybridized carbons (Fsp3) is 0. The van der Waals surface area contributed by atoms with E-state index in [0.717, 1.165) is 0 Å². The molecule has 0 N–H and O–H groups in total. The van der Waals surface area contributed by atoms with Crippen LogP contribution in [0.5, 0.6) is 0 Å². The first-order valence-electron chi connectivity index (χ1n) is 0. The molecule has 0 spiro atoms. The van der Waals surface area contributed by atoms with Crippen molar-refractivity contribution in [1.29, 1.82) is 0 Å². The van der Waals surface area contributed by atoms with E-state index in [9.17, 15) is 0 Å². The first-order valence-corrected chi connectivity index (χ1v) is 0. The number of halogens is 1. The zero-order valence-corrected chi connectivity index (χ0v) is 3.96. The van der Waals surface area contributed by atoms with Gasteiger partial charge in [0.05, 0.1) is 0 Å². The van der Waals surface area contributed by atoms with Crippen molar-refractivity contribution < 1.29 is 21.8 Å². The van der Waals surface area contributed by atoms with Gasteiger partial charge in [-0.2, -0.15) is 9.90 Å². The second kappa shape index (κ2) is 34.9. The Morgan fingerprint density at radius 3 is 1.00 bits per heavy atom. The maximum Gasteiger partial charge on any atom is 0.316 e. The Morgan fingerprint density at radius 1 is 1.00 bits per heavy atom. The Kier molecular flexibility index (Phi) is 403. The molecule has 0 fully saturated rings. The summed E-state index contributed by atoms with van der Waals surface area (Å²) in [5, 5.41) is 0. The summed E-state index contributed by atoms with van der Waals surface area (Å²) < 4.78 is 0. The molecule has 0 saturated carbocycles. The Morgan fingerprint density at radius 2 is 1.00 bits per heavy atom. The van der Waals surface area contributed by atoms with Crippen molar-refractivity contribution in [2.24, 2.45) is 0 Å². The van der Waals surface area contributed by atoms with E-state index in [0.29, 0.717) is 0 Å². The maximum absolute atomic E-state index is 0. The van der Waals surface area contributed by atoms with Gasteiger partial charge in [-0.05, 0) is 0 Å². The van der Waals surface area contributed by atoms with E-state index < -0.39 is 0 Å². The minimum atomic E-state index is 0.